The smallest absolute Gasteiger partial charge is 0.270 e. The molecule has 3 rings (SSSR count). The van der Waals surface area contributed by atoms with Crippen molar-refractivity contribution in [2.75, 3.05) is 26.7 Å². The average molecular weight is 377 g/mol. The number of nitrogens with one attached hydrogen (secondary N) is 1. The number of hydrogen-bond donors (Lipinski definition) is 1. The number of benzene rings is 1. The van der Waals surface area contributed by atoms with E-state index in [2.05, 4.69) is 5.32 Å². The number of carbonyl (C=O) groups is 2. The zero-order chi connectivity index (χ0) is 19.6. The third-order valence-corrected chi connectivity index (χ3v) is 4.28. The summed E-state index contributed by atoms with van der Waals surface area (Å²) in [7, 11) is 1.39. The van der Waals surface area contributed by atoms with Gasteiger partial charge in [0.15, 0.2) is 17.4 Å². The van der Waals surface area contributed by atoms with Gasteiger partial charge in [0.05, 0.1) is 13.3 Å². The van der Waals surface area contributed by atoms with Crippen LogP contribution in [0.25, 0.3) is 0 Å². The second kappa shape index (κ2) is 7.56. The number of amides is 2. The largest absolute Gasteiger partial charge is 0.491 e. The molecule has 0 unspecified atom stereocenters. The number of fused-ring (bicyclic) bond motifs is 1. The molecule has 7 nitrogen and oxygen atoms in total. The number of pyridine rings is 1. The van der Waals surface area contributed by atoms with Crippen LogP contribution < -0.4 is 15.5 Å². The fraction of sp³-hybridized carbons (Fsp3) is 0.278. The predicted octanol–water partition coefficient (Wildman–Crippen LogP) is 1.02. The number of rotatable bonds is 5. The highest BCUT2D eigenvalue weighted by atomic mass is 19.2. The monoisotopic (exact) mass is 377 g/mol. The third kappa shape index (κ3) is 3.81. The summed E-state index contributed by atoms with van der Waals surface area (Å²) in [6.45, 7) is 1.23. The van der Waals surface area contributed by atoms with Gasteiger partial charge in [-0.25, -0.2) is 8.78 Å². The Morgan fingerprint density at radius 1 is 1.19 bits per heavy atom. The van der Waals surface area contributed by atoms with E-state index in [9.17, 15) is 23.2 Å². The number of methoxy groups -OCH3 is 1. The highest BCUT2D eigenvalue weighted by Gasteiger charge is 2.25. The molecule has 1 aliphatic heterocycles. The van der Waals surface area contributed by atoms with Gasteiger partial charge in [-0.3, -0.25) is 14.4 Å². The molecule has 2 heterocycles. The van der Waals surface area contributed by atoms with Gasteiger partial charge in [-0.2, -0.15) is 0 Å². The standard InChI is InChI=1S/C18H17F2N3O4/c1-27-16-10-23-7-6-22(18(26)14(23)9-15(16)24)5-4-21-17(25)11-2-3-12(19)13(20)8-11/h2-3,8-10H,4-7H2,1H3,(H,21,25). The van der Waals surface area contributed by atoms with Crippen molar-refractivity contribution in [1.82, 2.24) is 14.8 Å². The first-order valence-corrected chi connectivity index (χ1v) is 8.21. The summed E-state index contributed by atoms with van der Waals surface area (Å²) >= 11 is 0. The van der Waals surface area contributed by atoms with Crippen molar-refractivity contribution in [1.29, 1.82) is 0 Å². The molecular formula is C18H17F2N3O4. The first-order valence-electron chi connectivity index (χ1n) is 8.21. The summed E-state index contributed by atoms with van der Waals surface area (Å²) in [6, 6.07) is 4.09. The quantitative estimate of drug-likeness (QED) is 0.844. The van der Waals surface area contributed by atoms with E-state index in [0.717, 1.165) is 12.1 Å². The molecule has 2 aromatic rings. The number of halogens is 2. The van der Waals surface area contributed by atoms with E-state index in [1.165, 1.54) is 30.3 Å². The van der Waals surface area contributed by atoms with E-state index in [0.29, 0.717) is 13.1 Å². The Morgan fingerprint density at radius 2 is 1.96 bits per heavy atom. The van der Waals surface area contributed by atoms with Gasteiger partial charge in [0.2, 0.25) is 5.43 Å². The molecule has 0 spiro atoms. The Morgan fingerprint density at radius 3 is 2.67 bits per heavy atom. The first-order chi connectivity index (χ1) is 12.9. The van der Waals surface area contributed by atoms with Gasteiger partial charge in [0.25, 0.3) is 11.8 Å². The molecule has 0 bridgehead atoms. The molecule has 0 aliphatic carbocycles. The number of hydrogen-bond acceptors (Lipinski definition) is 4. The third-order valence-electron chi connectivity index (χ3n) is 4.28. The lowest BCUT2D eigenvalue weighted by Gasteiger charge is -2.30. The maximum Gasteiger partial charge on any atom is 0.270 e. The van der Waals surface area contributed by atoms with Crippen molar-refractivity contribution in [3.63, 3.8) is 0 Å². The Labute approximate surface area is 153 Å². The normalized spacial score (nSPS) is 13.3. The lowest BCUT2D eigenvalue weighted by molar-refractivity contribution is 0.0696. The molecule has 1 aromatic carbocycles. The van der Waals surface area contributed by atoms with E-state index in [1.54, 1.807) is 4.57 Å². The van der Waals surface area contributed by atoms with Gasteiger partial charge in [-0.1, -0.05) is 0 Å². The van der Waals surface area contributed by atoms with E-state index >= 15 is 0 Å². The fourth-order valence-corrected chi connectivity index (χ4v) is 2.82. The second-order valence-corrected chi connectivity index (χ2v) is 5.96. The fourth-order valence-electron chi connectivity index (χ4n) is 2.82. The van der Waals surface area contributed by atoms with Gasteiger partial charge < -0.3 is 19.5 Å². The SMILES string of the molecule is COc1cn2c(cc1=O)C(=O)N(CCNC(=O)c1ccc(F)c(F)c1)CC2. The van der Waals surface area contributed by atoms with Crippen LogP contribution in [-0.4, -0.2) is 48.0 Å². The van der Waals surface area contributed by atoms with Gasteiger partial charge in [0, 0.05) is 37.8 Å². The highest BCUT2D eigenvalue weighted by Crippen LogP contribution is 2.14. The Balaban J connectivity index is 1.61. The van der Waals surface area contributed by atoms with Crippen molar-refractivity contribution >= 4 is 11.8 Å². The summed E-state index contributed by atoms with van der Waals surface area (Å²) in [5.74, 6) is -2.87. The van der Waals surface area contributed by atoms with Crippen molar-refractivity contribution in [2.45, 2.75) is 6.54 Å². The summed E-state index contributed by atoms with van der Waals surface area (Å²) in [4.78, 5) is 37.9. The molecule has 1 aliphatic rings. The van der Waals surface area contributed by atoms with Gasteiger partial charge in [-0.05, 0) is 18.2 Å². The molecule has 0 saturated carbocycles. The van der Waals surface area contributed by atoms with Crippen LogP contribution in [0.5, 0.6) is 5.75 Å². The van der Waals surface area contributed by atoms with Gasteiger partial charge in [0.1, 0.15) is 5.69 Å². The van der Waals surface area contributed by atoms with Crippen molar-refractivity contribution < 1.29 is 23.1 Å². The zero-order valence-corrected chi connectivity index (χ0v) is 14.5. The summed E-state index contributed by atoms with van der Waals surface area (Å²) < 4.78 is 32.7. The Bertz CT molecular complexity index is 958. The van der Waals surface area contributed by atoms with Crippen LogP contribution in [0.3, 0.4) is 0 Å². The molecule has 9 heteroatoms. The number of carbonyl (C=O) groups excluding carboxylic acids is 2. The molecule has 142 valence electrons. The molecule has 0 fully saturated rings. The van der Waals surface area contributed by atoms with E-state index in [-0.39, 0.29) is 41.4 Å². The average Bonchev–Trinajstić information content (AvgIpc) is 2.65. The molecule has 2 amide bonds. The summed E-state index contributed by atoms with van der Waals surface area (Å²) in [5.41, 5.74) is -0.146. The number of nitrogens with zero attached hydrogens (tertiary/aromatic N) is 2. The molecule has 27 heavy (non-hydrogen) atoms. The molecule has 0 saturated heterocycles. The lowest BCUT2D eigenvalue weighted by Crippen LogP contribution is -2.45. The maximum absolute atomic E-state index is 13.2. The van der Waals surface area contributed by atoms with Gasteiger partial charge >= 0.3 is 0 Å². The van der Waals surface area contributed by atoms with E-state index in [1.807, 2.05) is 0 Å². The van der Waals surface area contributed by atoms with Crippen LogP contribution in [0.4, 0.5) is 8.78 Å². The van der Waals surface area contributed by atoms with E-state index < -0.39 is 17.5 Å². The first kappa shape index (κ1) is 18.6. The van der Waals surface area contributed by atoms with Crippen LogP contribution >= 0.6 is 0 Å². The number of aromatic nitrogens is 1. The van der Waals surface area contributed by atoms with Crippen LogP contribution in [0.15, 0.2) is 35.3 Å². The minimum atomic E-state index is -1.11. The molecule has 0 atom stereocenters. The summed E-state index contributed by atoms with van der Waals surface area (Å²) in [5, 5.41) is 2.56. The highest BCUT2D eigenvalue weighted by molar-refractivity contribution is 5.94. The van der Waals surface area contributed by atoms with Crippen LogP contribution in [-0.2, 0) is 6.54 Å². The van der Waals surface area contributed by atoms with Gasteiger partial charge in [-0.15, -0.1) is 0 Å². The Hall–Kier alpha value is -3.23. The number of ether oxygens (including phenoxy) is 1. The van der Waals surface area contributed by atoms with E-state index in [4.69, 9.17) is 4.74 Å². The maximum atomic E-state index is 13.2. The second-order valence-electron chi connectivity index (χ2n) is 5.96. The molecule has 0 radical (unpaired) electrons. The van der Waals surface area contributed by atoms with Crippen molar-refractivity contribution in [2.24, 2.45) is 0 Å². The predicted molar refractivity (Wildman–Crippen MR) is 91.8 cm³/mol. The summed E-state index contributed by atoms with van der Waals surface area (Å²) in [6.07, 6.45) is 1.50. The van der Waals surface area contributed by atoms with Crippen LogP contribution in [0.2, 0.25) is 0 Å². The molecule has 1 N–H and O–H groups in total. The van der Waals surface area contributed by atoms with Crippen LogP contribution in [0.1, 0.15) is 20.8 Å². The topological polar surface area (TPSA) is 80.6 Å². The molecular weight excluding hydrogens is 360 g/mol. The van der Waals surface area contributed by atoms with Crippen molar-refractivity contribution in [3.8, 4) is 5.75 Å². The minimum Gasteiger partial charge on any atom is -0.491 e. The Kier molecular flexibility index (Phi) is 5.20. The minimum absolute atomic E-state index is 0.0112. The van der Waals surface area contributed by atoms with Crippen LogP contribution in [0, 0.1) is 11.6 Å². The lowest BCUT2D eigenvalue weighted by atomic mass is 10.2. The molecule has 1 aromatic heterocycles. The van der Waals surface area contributed by atoms with Crippen molar-refractivity contribution in [3.05, 3.63) is 63.6 Å². The zero-order valence-electron chi connectivity index (χ0n) is 14.5.